The third-order valence-corrected chi connectivity index (χ3v) is 6.97. The van der Waals surface area contributed by atoms with Crippen molar-refractivity contribution in [2.24, 2.45) is 0 Å². The van der Waals surface area contributed by atoms with Crippen molar-refractivity contribution >= 4 is 44.3 Å². The second-order valence-electron chi connectivity index (χ2n) is 3.76. The van der Waals surface area contributed by atoms with Gasteiger partial charge in [0.05, 0.1) is 0 Å². The first-order valence-corrected chi connectivity index (χ1v) is 9.80. The first-order chi connectivity index (χ1) is 7.73. The summed E-state index contributed by atoms with van der Waals surface area (Å²) in [5.41, 5.74) is 0. The quantitative estimate of drug-likeness (QED) is 0.520. The minimum absolute atomic E-state index is 0.815. The molecule has 0 saturated heterocycles. The molecule has 16 heavy (non-hydrogen) atoms. The van der Waals surface area contributed by atoms with E-state index in [0.29, 0.717) is 0 Å². The van der Waals surface area contributed by atoms with Crippen LogP contribution in [0.5, 0.6) is 0 Å². The Kier molecular flexibility index (Phi) is 6.95. The van der Waals surface area contributed by atoms with E-state index in [4.69, 9.17) is 0 Å². The lowest BCUT2D eigenvalue weighted by Gasteiger charge is -2.17. The van der Waals surface area contributed by atoms with Crippen molar-refractivity contribution in [2.45, 2.75) is 12.8 Å². The average molecular weight is 368 g/mol. The van der Waals surface area contributed by atoms with E-state index in [0.717, 1.165) is 41.1 Å². The maximum Gasteiger partial charge on any atom is 0.115 e. The molecule has 1 aromatic rings. The summed E-state index contributed by atoms with van der Waals surface area (Å²) in [4.78, 5) is 0. The second-order valence-corrected chi connectivity index (χ2v) is 8.53. The summed E-state index contributed by atoms with van der Waals surface area (Å²) < 4.78 is 12.9. The molecule has 0 aromatic heterocycles. The van der Waals surface area contributed by atoms with Crippen molar-refractivity contribution in [2.75, 3.05) is 23.0 Å². The highest BCUT2D eigenvalue weighted by Gasteiger charge is 2.22. The smallest absolute Gasteiger partial charge is 0.115 e. The van der Waals surface area contributed by atoms with Crippen LogP contribution in [0.25, 0.3) is 0 Å². The SMILES string of the molecule is O=P(CCCBr)(CCCBr)c1ccccc1. The van der Waals surface area contributed by atoms with Gasteiger partial charge in [-0.25, -0.2) is 0 Å². The zero-order valence-electron chi connectivity index (χ0n) is 9.24. The minimum Gasteiger partial charge on any atom is -0.319 e. The Morgan fingerprint density at radius 3 is 1.88 bits per heavy atom. The van der Waals surface area contributed by atoms with Crippen LogP contribution in [-0.2, 0) is 4.57 Å². The molecule has 0 aliphatic rings. The summed E-state index contributed by atoms with van der Waals surface area (Å²) in [7, 11) is -2.16. The Bertz CT molecular complexity index is 328. The molecule has 0 N–H and O–H groups in total. The molecule has 0 unspecified atom stereocenters. The fourth-order valence-electron chi connectivity index (χ4n) is 1.70. The predicted octanol–water partition coefficient (Wildman–Crippen LogP) is 4.25. The molecule has 0 saturated carbocycles. The van der Waals surface area contributed by atoms with E-state index in [1.165, 1.54) is 0 Å². The van der Waals surface area contributed by atoms with Crippen LogP contribution >= 0.6 is 39.0 Å². The van der Waals surface area contributed by atoms with Crippen LogP contribution in [0.4, 0.5) is 0 Å². The van der Waals surface area contributed by atoms with Crippen LogP contribution in [0, 0.1) is 0 Å². The van der Waals surface area contributed by atoms with Gasteiger partial charge in [0.1, 0.15) is 7.14 Å². The highest BCUT2D eigenvalue weighted by atomic mass is 79.9. The largest absolute Gasteiger partial charge is 0.319 e. The van der Waals surface area contributed by atoms with Gasteiger partial charge in [0.15, 0.2) is 0 Å². The molecule has 0 amide bonds. The number of halogens is 2. The molecule has 1 aromatic carbocycles. The Balaban J connectivity index is 2.82. The van der Waals surface area contributed by atoms with Gasteiger partial charge in [-0.1, -0.05) is 62.2 Å². The third kappa shape index (κ3) is 4.35. The van der Waals surface area contributed by atoms with Gasteiger partial charge < -0.3 is 4.57 Å². The van der Waals surface area contributed by atoms with E-state index in [1.807, 2.05) is 30.3 Å². The van der Waals surface area contributed by atoms with Crippen molar-refractivity contribution in [3.63, 3.8) is 0 Å². The first kappa shape index (κ1) is 14.5. The summed E-state index contributed by atoms with van der Waals surface area (Å²) in [5.74, 6) is 0. The predicted molar refractivity (Wildman–Crippen MR) is 80.2 cm³/mol. The summed E-state index contributed by atoms with van der Waals surface area (Å²) in [5, 5.41) is 2.90. The third-order valence-electron chi connectivity index (χ3n) is 2.53. The molecule has 0 aliphatic carbocycles. The zero-order chi connectivity index (χ0) is 11.9. The van der Waals surface area contributed by atoms with Gasteiger partial charge in [-0.3, -0.25) is 0 Å². The van der Waals surface area contributed by atoms with Crippen molar-refractivity contribution in [1.29, 1.82) is 0 Å². The Hall–Kier alpha value is 0.410. The van der Waals surface area contributed by atoms with Gasteiger partial charge in [0.2, 0.25) is 0 Å². The Morgan fingerprint density at radius 2 is 1.44 bits per heavy atom. The number of benzene rings is 1. The molecular formula is C12H17Br2OP. The Morgan fingerprint density at radius 1 is 0.938 bits per heavy atom. The van der Waals surface area contributed by atoms with Crippen LogP contribution in [0.2, 0.25) is 0 Å². The maximum absolute atomic E-state index is 12.9. The topological polar surface area (TPSA) is 17.1 Å². The maximum atomic E-state index is 12.9. The molecular weight excluding hydrogens is 351 g/mol. The first-order valence-electron chi connectivity index (χ1n) is 5.48. The van der Waals surface area contributed by atoms with Crippen molar-refractivity contribution < 1.29 is 4.57 Å². The lowest BCUT2D eigenvalue weighted by atomic mass is 10.4. The van der Waals surface area contributed by atoms with E-state index in [-0.39, 0.29) is 0 Å². The molecule has 0 fully saturated rings. The molecule has 0 aliphatic heterocycles. The van der Waals surface area contributed by atoms with Crippen LogP contribution in [0.3, 0.4) is 0 Å². The van der Waals surface area contributed by atoms with Gasteiger partial charge in [0, 0.05) is 28.3 Å². The number of hydrogen-bond acceptors (Lipinski definition) is 1. The molecule has 0 radical (unpaired) electrons. The number of alkyl halides is 2. The monoisotopic (exact) mass is 366 g/mol. The van der Waals surface area contributed by atoms with Crippen molar-refractivity contribution in [3.05, 3.63) is 30.3 Å². The van der Waals surface area contributed by atoms with E-state index < -0.39 is 7.14 Å². The molecule has 4 heteroatoms. The molecule has 0 atom stereocenters. The van der Waals surface area contributed by atoms with Crippen molar-refractivity contribution in [3.8, 4) is 0 Å². The van der Waals surface area contributed by atoms with Crippen LogP contribution in [0.1, 0.15) is 12.8 Å². The number of hydrogen-bond donors (Lipinski definition) is 0. The van der Waals surface area contributed by atoms with Gasteiger partial charge in [-0.15, -0.1) is 0 Å². The summed E-state index contributed by atoms with van der Waals surface area (Å²) in [6.07, 6.45) is 3.59. The Labute approximate surface area is 115 Å². The van der Waals surface area contributed by atoms with Crippen LogP contribution in [-0.4, -0.2) is 23.0 Å². The highest BCUT2D eigenvalue weighted by molar-refractivity contribution is 9.09. The fourth-order valence-corrected chi connectivity index (χ4v) is 5.92. The van der Waals surface area contributed by atoms with Gasteiger partial charge in [-0.05, 0) is 12.8 Å². The lowest BCUT2D eigenvalue weighted by molar-refractivity contribution is 0.579. The molecule has 1 nitrogen and oxygen atoms in total. The summed E-state index contributed by atoms with van der Waals surface area (Å²) >= 11 is 6.82. The molecule has 0 bridgehead atoms. The van der Waals surface area contributed by atoms with Crippen LogP contribution in [0.15, 0.2) is 30.3 Å². The number of rotatable bonds is 7. The lowest BCUT2D eigenvalue weighted by Crippen LogP contribution is -2.11. The van der Waals surface area contributed by atoms with E-state index in [1.54, 1.807) is 0 Å². The van der Waals surface area contributed by atoms with Gasteiger partial charge in [0.25, 0.3) is 0 Å². The van der Waals surface area contributed by atoms with Crippen LogP contribution < -0.4 is 5.30 Å². The van der Waals surface area contributed by atoms with E-state index in [9.17, 15) is 4.57 Å². The molecule has 1 rings (SSSR count). The second kappa shape index (κ2) is 7.68. The molecule has 0 spiro atoms. The standard InChI is InChI=1S/C12H17Br2OP/c13-8-4-10-16(15,11-5-9-14)12-6-2-1-3-7-12/h1-3,6-7H,4-5,8-11H2. The normalized spacial score (nSPS) is 11.6. The van der Waals surface area contributed by atoms with E-state index >= 15 is 0 Å². The van der Waals surface area contributed by atoms with Gasteiger partial charge in [-0.2, -0.15) is 0 Å². The van der Waals surface area contributed by atoms with Gasteiger partial charge >= 0.3 is 0 Å². The van der Waals surface area contributed by atoms with E-state index in [2.05, 4.69) is 31.9 Å². The highest BCUT2D eigenvalue weighted by Crippen LogP contribution is 2.45. The average Bonchev–Trinajstić information content (AvgIpc) is 2.35. The summed E-state index contributed by atoms with van der Waals surface area (Å²) in [6, 6.07) is 9.93. The fraction of sp³-hybridized carbons (Fsp3) is 0.500. The van der Waals surface area contributed by atoms with Crippen molar-refractivity contribution in [1.82, 2.24) is 0 Å². The summed E-state index contributed by atoms with van der Waals surface area (Å²) in [6.45, 7) is 0. The minimum atomic E-state index is -2.16. The molecule has 0 heterocycles. The molecule has 90 valence electrons. The zero-order valence-corrected chi connectivity index (χ0v) is 13.3.